The minimum Gasteiger partial charge on any atom is -0.469 e. The van der Waals surface area contributed by atoms with Gasteiger partial charge in [0, 0.05) is 31.2 Å². The Bertz CT molecular complexity index is 639. The predicted octanol–water partition coefficient (Wildman–Crippen LogP) is 4.07. The van der Waals surface area contributed by atoms with E-state index in [0.29, 0.717) is 12.8 Å². The Labute approximate surface area is 185 Å². The van der Waals surface area contributed by atoms with Gasteiger partial charge < -0.3 is 14.7 Å². The highest BCUT2D eigenvalue weighted by molar-refractivity contribution is 7.99. The summed E-state index contributed by atoms with van der Waals surface area (Å²) in [5.74, 6) is 2.11. The SMILES string of the molecule is COC(=O)CCCSCCN1C(=O)CCC1CC[C@@H](O)[C@@H](C)CCc1ccccc1. The van der Waals surface area contributed by atoms with Crippen molar-refractivity contribution in [3.05, 3.63) is 35.9 Å². The van der Waals surface area contributed by atoms with Crippen LogP contribution in [-0.2, 0) is 20.7 Å². The molecule has 0 aliphatic carbocycles. The molecule has 3 atom stereocenters. The fourth-order valence-corrected chi connectivity index (χ4v) is 4.84. The smallest absolute Gasteiger partial charge is 0.305 e. The summed E-state index contributed by atoms with van der Waals surface area (Å²) in [4.78, 5) is 25.4. The molecule has 30 heavy (non-hydrogen) atoms. The van der Waals surface area contributed by atoms with E-state index in [9.17, 15) is 14.7 Å². The zero-order valence-electron chi connectivity index (χ0n) is 18.4. The molecule has 1 aliphatic heterocycles. The Morgan fingerprint density at radius 1 is 1.27 bits per heavy atom. The van der Waals surface area contributed by atoms with Crippen molar-refractivity contribution in [2.75, 3.05) is 25.2 Å². The van der Waals surface area contributed by atoms with Crippen molar-refractivity contribution in [1.29, 1.82) is 0 Å². The lowest BCUT2D eigenvalue weighted by Crippen LogP contribution is -2.35. The molecule has 0 aromatic heterocycles. The topological polar surface area (TPSA) is 66.8 Å². The number of rotatable bonds is 14. The van der Waals surface area contributed by atoms with Gasteiger partial charge in [0.25, 0.3) is 0 Å². The second-order valence-corrected chi connectivity index (χ2v) is 9.44. The minimum atomic E-state index is -0.320. The quantitative estimate of drug-likeness (QED) is 0.352. The van der Waals surface area contributed by atoms with Crippen LogP contribution in [0.1, 0.15) is 57.4 Å². The third-order valence-electron chi connectivity index (χ3n) is 6.01. The zero-order valence-corrected chi connectivity index (χ0v) is 19.2. The number of amides is 1. The molecule has 0 saturated carbocycles. The number of methoxy groups -OCH3 is 1. The second kappa shape index (κ2) is 13.7. The lowest BCUT2D eigenvalue weighted by atomic mass is 9.92. The number of hydrogen-bond donors (Lipinski definition) is 1. The highest BCUT2D eigenvalue weighted by Crippen LogP contribution is 2.26. The summed E-state index contributed by atoms with van der Waals surface area (Å²) in [6.07, 6.45) is 6.04. The summed E-state index contributed by atoms with van der Waals surface area (Å²) < 4.78 is 4.65. The molecule has 2 rings (SSSR count). The Morgan fingerprint density at radius 2 is 2.03 bits per heavy atom. The van der Waals surface area contributed by atoms with E-state index in [1.807, 2.05) is 11.0 Å². The van der Waals surface area contributed by atoms with Crippen LogP contribution in [0.4, 0.5) is 0 Å². The third kappa shape index (κ3) is 8.68. The van der Waals surface area contributed by atoms with E-state index in [0.717, 1.165) is 56.6 Å². The van der Waals surface area contributed by atoms with Gasteiger partial charge in [-0.2, -0.15) is 11.8 Å². The van der Waals surface area contributed by atoms with Crippen LogP contribution < -0.4 is 0 Å². The largest absolute Gasteiger partial charge is 0.469 e. The van der Waals surface area contributed by atoms with Gasteiger partial charge in [-0.05, 0) is 55.8 Å². The number of aliphatic hydroxyl groups is 1. The first-order valence-electron chi connectivity index (χ1n) is 11.2. The number of thioether (sulfide) groups is 1. The Kier molecular flexibility index (Phi) is 11.3. The Balaban J connectivity index is 1.65. The van der Waals surface area contributed by atoms with Gasteiger partial charge in [-0.15, -0.1) is 0 Å². The maximum Gasteiger partial charge on any atom is 0.305 e. The van der Waals surface area contributed by atoms with Crippen LogP contribution in [-0.4, -0.2) is 59.2 Å². The summed E-state index contributed by atoms with van der Waals surface area (Å²) in [5.41, 5.74) is 1.31. The maximum absolute atomic E-state index is 12.3. The van der Waals surface area contributed by atoms with Gasteiger partial charge >= 0.3 is 5.97 Å². The van der Waals surface area contributed by atoms with E-state index in [-0.39, 0.29) is 29.9 Å². The van der Waals surface area contributed by atoms with Crippen molar-refractivity contribution < 1.29 is 19.4 Å². The zero-order chi connectivity index (χ0) is 21.8. The van der Waals surface area contributed by atoms with Crippen LogP contribution >= 0.6 is 11.8 Å². The fourth-order valence-electron chi connectivity index (χ4n) is 3.97. The minimum absolute atomic E-state index is 0.165. The van der Waals surface area contributed by atoms with E-state index in [4.69, 9.17) is 0 Å². The maximum atomic E-state index is 12.3. The predicted molar refractivity (Wildman–Crippen MR) is 122 cm³/mol. The first-order valence-corrected chi connectivity index (χ1v) is 12.3. The lowest BCUT2D eigenvalue weighted by molar-refractivity contribution is -0.140. The molecular weight excluding hydrogens is 398 g/mol. The summed E-state index contributed by atoms with van der Waals surface area (Å²) >= 11 is 1.78. The van der Waals surface area contributed by atoms with Crippen molar-refractivity contribution in [3.8, 4) is 0 Å². The number of carbonyl (C=O) groups is 2. The molecule has 0 bridgehead atoms. The molecule has 0 spiro atoms. The molecule has 1 aromatic carbocycles. The van der Waals surface area contributed by atoms with Gasteiger partial charge in [-0.3, -0.25) is 9.59 Å². The Hall–Kier alpha value is -1.53. The van der Waals surface area contributed by atoms with E-state index < -0.39 is 0 Å². The summed E-state index contributed by atoms with van der Waals surface area (Å²) in [6, 6.07) is 10.7. The van der Waals surface area contributed by atoms with Crippen LogP contribution in [0.25, 0.3) is 0 Å². The average Bonchev–Trinajstić information content (AvgIpc) is 3.12. The summed E-state index contributed by atoms with van der Waals surface area (Å²) in [5, 5.41) is 10.6. The highest BCUT2D eigenvalue weighted by Gasteiger charge is 2.31. The van der Waals surface area contributed by atoms with E-state index in [1.54, 1.807) is 11.8 Å². The van der Waals surface area contributed by atoms with E-state index >= 15 is 0 Å². The van der Waals surface area contributed by atoms with Gasteiger partial charge in [0.05, 0.1) is 13.2 Å². The van der Waals surface area contributed by atoms with Crippen LogP contribution in [0.15, 0.2) is 30.3 Å². The lowest BCUT2D eigenvalue weighted by Gasteiger charge is -2.27. The molecule has 6 heteroatoms. The molecule has 1 heterocycles. The number of esters is 1. The van der Waals surface area contributed by atoms with Gasteiger partial charge in [0.2, 0.25) is 5.91 Å². The average molecular weight is 436 g/mol. The standard InChI is InChI=1S/C24H37NO4S/c1-19(10-11-20-7-4-3-5-8-20)22(26)14-12-21-13-15-23(27)25(21)16-18-30-17-6-9-24(28)29-2/h3-5,7-8,19,21-22,26H,6,9-18H2,1-2H3/t19-,21?,22+/m0/s1. The van der Waals surface area contributed by atoms with Crippen molar-refractivity contribution in [3.63, 3.8) is 0 Å². The van der Waals surface area contributed by atoms with Gasteiger partial charge in [0.1, 0.15) is 0 Å². The number of ether oxygens (including phenoxy) is 1. The number of carbonyl (C=O) groups excluding carboxylic acids is 2. The molecule has 1 N–H and O–H groups in total. The van der Waals surface area contributed by atoms with Crippen molar-refractivity contribution in [1.82, 2.24) is 4.90 Å². The number of aliphatic hydroxyl groups excluding tert-OH is 1. The number of likely N-dealkylation sites (tertiary alicyclic amines) is 1. The molecule has 168 valence electrons. The molecule has 0 radical (unpaired) electrons. The van der Waals surface area contributed by atoms with Gasteiger partial charge in [-0.25, -0.2) is 0 Å². The molecule has 1 unspecified atom stereocenters. The molecule has 1 amide bonds. The van der Waals surface area contributed by atoms with Crippen LogP contribution in [0, 0.1) is 5.92 Å². The van der Waals surface area contributed by atoms with Crippen LogP contribution in [0.5, 0.6) is 0 Å². The molecule has 5 nitrogen and oxygen atoms in total. The number of aryl methyl sites for hydroxylation is 1. The molecule has 1 aromatic rings. The normalized spacial score (nSPS) is 18.4. The molecule has 1 aliphatic rings. The van der Waals surface area contributed by atoms with Crippen LogP contribution in [0.2, 0.25) is 0 Å². The van der Waals surface area contributed by atoms with Crippen LogP contribution in [0.3, 0.4) is 0 Å². The van der Waals surface area contributed by atoms with E-state index in [1.165, 1.54) is 12.7 Å². The summed E-state index contributed by atoms with van der Waals surface area (Å²) in [7, 11) is 1.41. The first-order chi connectivity index (χ1) is 14.5. The number of benzene rings is 1. The highest BCUT2D eigenvalue weighted by atomic mass is 32.2. The van der Waals surface area contributed by atoms with Crippen molar-refractivity contribution >= 4 is 23.6 Å². The monoisotopic (exact) mass is 435 g/mol. The van der Waals surface area contributed by atoms with Gasteiger partial charge in [0.15, 0.2) is 0 Å². The fraction of sp³-hybridized carbons (Fsp3) is 0.667. The third-order valence-corrected chi connectivity index (χ3v) is 7.06. The number of nitrogens with zero attached hydrogens (tertiary/aromatic N) is 1. The molecule has 1 fully saturated rings. The first kappa shape index (κ1) is 24.7. The second-order valence-electron chi connectivity index (χ2n) is 8.22. The van der Waals surface area contributed by atoms with Crippen molar-refractivity contribution in [2.45, 2.75) is 70.4 Å². The molecular formula is C24H37NO4S. The van der Waals surface area contributed by atoms with Gasteiger partial charge in [-0.1, -0.05) is 37.3 Å². The molecule has 1 saturated heterocycles. The van der Waals surface area contributed by atoms with Crippen molar-refractivity contribution in [2.24, 2.45) is 5.92 Å². The van der Waals surface area contributed by atoms with E-state index in [2.05, 4.69) is 35.9 Å². The Morgan fingerprint density at radius 3 is 2.77 bits per heavy atom. The number of hydrogen-bond acceptors (Lipinski definition) is 5. The summed E-state index contributed by atoms with van der Waals surface area (Å²) in [6.45, 7) is 2.88.